The van der Waals surface area contributed by atoms with E-state index in [1.165, 1.54) is 11.1 Å². The minimum atomic E-state index is -0.520. The van der Waals surface area contributed by atoms with Crippen LogP contribution in [-0.4, -0.2) is 21.2 Å². The SMILES string of the molecule is Cc1cccc2c1N(Cc1ncc(Cl)n1C)C(=O)C2=O. The number of hydrogen-bond donors (Lipinski definition) is 0. The van der Waals surface area contributed by atoms with Gasteiger partial charge in [0.15, 0.2) is 0 Å². The molecule has 0 bridgehead atoms. The molecule has 0 unspecified atom stereocenters. The molecule has 0 spiro atoms. The standard InChI is InChI=1S/C14H12ClN3O2/c1-8-4-3-5-9-12(8)18(14(20)13(9)19)7-11-16-6-10(15)17(11)2/h3-6H,7H2,1-2H3. The number of hydrogen-bond acceptors (Lipinski definition) is 3. The molecular weight excluding hydrogens is 278 g/mol. The van der Waals surface area contributed by atoms with Crippen molar-refractivity contribution in [3.8, 4) is 0 Å². The van der Waals surface area contributed by atoms with E-state index in [0.717, 1.165) is 5.56 Å². The number of rotatable bonds is 2. The van der Waals surface area contributed by atoms with Gasteiger partial charge in [0.25, 0.3) is 11.7 Å². The summed E-state index contributed by atoms with van der Waals surface area (Å²) in [6.07, 6.45) is 1.53. The maximum atomic E-state index is 12.1. The fourth-order valence-electron chi connectivity index (χ4n) is 2.40. The lowest BCUT2D eigenvalue weighted by molar-refractivity contribution is -0.114. The first-order valence-corrected chi connectivity index (χ1v) is 6.50. The molecule has 0 aliphatic carbocycles. The first-order valence-electron chi connectivity index (χ1n) is 6.12. The second kappa shape index (κ2) is 4.45. The number of Topliss-reactive ketones (excluding diaryl/α,β-unsaturated/α-hetero) is 1. The number of fused-ring (bicyclic) bond motifs is 1. The lowest BCUT2D eigenvalue weighted by Crippen LogP contribution is -2.30. The number of imidazole rings is 1. The third-order valence-corrected chi connectivity index (χ3v) is 3.87. The van der Waals surface area contributed by atoms with Crippen molar-refractivity contribution in [3.05, 3.63) is 46.5 Å². The molecule has 0 atom stereocenters. The van der Waals surface area contributed by atoms with E-state index in [0.29, 0.717) is 22.2 Å². The molecule has 0 fully saturated rings. The number of benzene rings is 1. The van der Waals surface area contributed by atoms with Crippen molar-refractivity contribution in [2.24, 2.45) is 7.05 Å². The predicted octanol–water partition coefficient (Wildman–Crippen LogP) is 2.11. The van der Waals surface area contributed by atoms with Gasteiger partial charge in [-0.3, -0.25) is 14.5 Å². The van der Waals surface area contributed by atoms with E-state index >= 15 is 0 Å². The number of para-hydroxylation sites is 1. The summed E-state index contributed by atoms with van der Waals surface area (Å²) >= 11 is 5.94. The highest BCUT2D eigenvalue weighted by Gasteiger charge is 2.37. The molecule has 0 N–H and O–H groups in total. The highest BCUT2D eigenvalue weighted by Crippen LogP contribution is 2.33. The van der Waals surface area contributed by atoms with Crippen LogP contribution in [0.2, 0.25) is 5.15 Å². The summed E-state index contributed by atoms with van der Waals surface area (Å²) < 4.78 is 1.69. The Kier molecular flexibility index (Phi) is 2.87. The quantitative estimate of drug-likeness (QED) is 0.796. The first kappa shape index (κ1) is 12.9. The molecule has 1 aromatic carbocycles. The maximum absolute atomic E-state index is 12.1. The number of nitrogens with zero attached hydrogens (tertiary/aromatic N) is 3. The molecule has 2 heterocycles. The summed E-state index contributed by atoms with van der Waals surface area (Å²) in [6.45, 7) is 2.11. The average Bonchev–Trinajstić information content (AvgIpc) is 2.86. The number of aryl methyl sites for hydroxylation is 1. The minimum absolute atomic E-state index is 0.228. The van der Waals surface area contributed by atoms with E-state index in [1.807, 2.05) is 13.0 Å². The van der Waals surface area contributed by atoms with E-state index < -0.39 is 11.7 Å². The summed E-state index contributed by atoms with van der Waals surface area (Å²) in [4.78, 5) is 29.8. The van der Waals surface area contributed by atoms with Crippen LogP contribution in [0.3, 0.4) is 0 Å². The summed E-state index contributed by atoms with van der Waals surface area (Å²) in [6, 6.07) is 5.33. The van der Waals surface area contributed by atoms with Crippen molar-refractivity contribution in [1.82, 2.24) is 9.55 Å². The predicted molar refractivity (Wildman–Crippen MR) is 74.9 cm³/mol. The zero-order valence-electron chi connectivity index (χ0n) is 11.1. The van der Waals surface area contributed by atoms with Crippen LogP contribution in [0.25, 0.3) is 0 Å². The second-order valence-corrected chi connectivity index (χ2v) is 5.13. The summed E-state index contributed by atoms with van der Waals surface area (Å²) in [7, 11) is 1.77. The lowest BCUT2D eigenvalue weighted by Gasteiger charge is -2.18. The smallest absolute Gasteiger partial charge is 0.299 e. The van der Waals surface area contributed by atoms with Gasteiger partial charge in [-0.05, 0) is 18.6 Å². The van der Waals surface area contributed by atoms with Crippen molar-refractivity contribution in [3.63, 3.8) is 0 Å². The van der Waals surface area contributed by atoms with Crippen molar-refractivity contribution in [2.45, 2.75) is 13.5 Å². The second-order valence-electron chi connectivity index (χ2n) is 4.75. The molecule has 0 radical (unpaired) electrons. The molecule has 1 amide bonds. The fourth-order valence-corrected chi connectivity index (χ4v) is 2.55. The van der Waals surface area contributed by atoms with Gasteiger partial charge in [-0.15, -0.1) is 0 Å². The molecule has 20 heavy (non-hydrogen) atoms. The zero-order valence-corrected chi connectivity index (χ0v) is 11.8. The molecule has 102 valence electrons. The van der Waals surface area contributed by atoms with Gasteiger partial charge in [-0.25, -0.2) is 4.98 Å². The van der Waals surface area contributed by atoms with Crippen LogP contribution in [-0.2, 0) is 18.4 Å². The average molecular weight is 290 g/mol. The third kappa shape index (κ3) is 1.74. The molecule has 0 saturated carbocycles. The normalized spacial score (nSPS) is 14.1. The molecule has 1 aliphatic rings. The van der Waals surface area contributed by atoms with Gasteiger partial charge in [0.05, 0.1) is 24.0 Å². The highest BCUT2D eigenvalue weighted by molar-refractivity contribution is 6.52. The number of amides is 1. The Balaban J connectivity index is 2.05. The van der Waals surface area contributed by atoms with Crippen molar-refractivity contribution in [1.29, 1.82) is 0 Å². The third-order valence-electron chi connectivity index (χ3n) is 3.52. The van der Waals surface area contributed by atoms with Crippen molar-refractivity contribution in [2.75, 3.05) is 4.90 Å². The Morgan fingerprint density at radius 2 is 2.05 bits per heavy atom. The first-order chi connectivity index (χ1) is 9.50. The van der Waals surface area contributed by atoms with Gasteiger partial charge in [0.1, 0.15) is 11.0 Å². The molecule has 3 rings (SSSR count). The largest absolute Gasteiger partial charge is 0.321 e. The van der Waals surface area contributed by atoms with E-state index in [4.69, 9.17) is 11.6 Å². The van der Waals surface area contributed by atoms with Crippen LogP contribution >= 0.6 is 11.6 Å². The van der Waals surface area contributed by atoms with E-state index in [1.54, 1.807) is 23.7 Å². The van der Waals surface area contributed by atoms with Gasteiger partial charge in [0, 0.05) is 7.05 Å². The molecule has 1 aromatic heterocycles. The molecule has 1 aliphatic heterocycles. The number of halogens is 1. The van der Waals surface area contributed by atoms with Crippen molar-refractivity contribution >= 4 is 29.0 Å². The lowest BCUT2D eigenvalue weighted by atomic mass is 10.1. The number of carbonyl (C=O) groups excluding carboxylic acids is 2. The van der Waals surface area contributed by atoms with Crippen LogP contribution in [0.4, 0.5) is 5.69 Å². The van der Waals surface area contributed by atoms with E-state index in [-0.39, 0.29) is 6.54 Å². The highest BCUT2D eigenvalue weighted by atomic mass is 35.5. The Bertz CT molecular complexity index is 736. The van der Waals surface area contributed by atoms with Crippen LogP contribution in [0.15, 0.2) is 24.4 Å². The molecular formula is C14H12ClN3O2. The number of aromatic nitrogens is 2. The monoisotopic (exact) mass is 289 g/mol. The van der Waals surface area contributed by atoms with Crippen LogP contribution < -0.4 is 4.90 Å². The van der Waals surface area contributed by atoms with Gasteiger partial charge < -0.3 is 4.57 Å². The number of carbonyl (C=O) groups is 2. The Morgan fingerprint density at radius 3 is 2.70 bits per heavy atom. The molecule has 2 aromatic rings. The van der Waals surface area contributed by atoms with Gasteiger partial charge in [-0.2, -0.15) is 0 Å². The van der Waals surface area contributed by atoms with Crippen LogP contribution in [0, 0.1) is 6.92 Å². The zero-order chi connectivity index (χ0) is 14.4. The molecule has 0 saturated heterocycles. The summed E-state index contributed by atoms with van der Waals surface area (Å²) in [5, 5.41) is 0.489. The van der Waals surface area contributed by atoms with E-state index in [2.05, 4.69) is 4.98 Å². The maximum Gasteiger partial charge on any atom is 0.299 e. The Morgan fingerprint density at radius 1 is 1.30 bits per heavy atom. The molecule has 6 heteroatoms. The topological polar surface area (TPSA) is 55.2 Å². The molecule has 5 nitrogen and oxygen atoms in total. The minimum Gasteiger partial charge on any atom is -0.321 e. The van der Waals surface area contributed by atoms with Gasteiger partial charge in [0.2, 0.25) is 0 Å². The number of ketones is 1. The fraction of sp³-hybridized carbons (Fsp3) is 0.214. The summed E-state index contributed by atoms with van der Waals surface area (Å²) in [5.74, 6) is -0.357. The van der Waals surface area contributed by atoms with E-state index in [9.17, 15) is 9.59 Å². The Labute approximate surface area is 120 Å². The van der Waals surface area contributed by atoms with Gasteiger partial charge in [-0.1, -0.05) is 23.7 Å². The van der Waals surface area contributed by atoms with Crippen LogP contribution in [0.1, 0.15) is 21.7 Å². The van der Waals surface area contributed by atoms with Crippen LogP contribution in [0.5, 0.6) is 0 Å². The van der Waals surface area contributed by atoms with Gasteiger partial charge >= 0.3 is 0 Å². The number of anilines is 1. The summed E-state index contributed by atoms with van der Waals surface area (Å²) in [5.41, 5.74) is 2.01. The van der Waals surface area contributed by atoms with Crippen molar-refractivity contribution < 1.29 is 9.59 Å². The Hall–Kier alpha value is -2.14.